The standard InChI is InChI=1S/C32H31N5O5/c1-40-28-7-3-2-6-27(28)37-15-13-36(14-16-37)26-10-9-24(18-25(26)32(39)34-20-22-5-4-12-33-19-22)35-31(38)23-8-11-29-30(17-23)42-21-41-29/h2-12,17-19H,13-16,20-21H2,1H3,(H,34,39)(H,35,38). The molecule has 0 atom stereocenters. The van der Waals surface area contributed by atoms with Crippen molar-refractivity contribution in [2.75, 3.05) is 55.2 Å². The van der Waals surface area contributed by atoms with Crippen LogP contribution in [0.1, 0.15) is 26.3 Å². The van der Waals surface area contributed by atoms with Gasteiger partial charge in [0.2, 0.25) is 6.79 Å². The molecule has 2 aliphatic heterocycles. The zero-order chi connectivity index (χ0) is 28.9. The molecule has 2 N–H and O–H groups in total. The number of carbonyl (C=O) groups excluding carboxylic acids is 2. The van der Waals surface area contributed by atoms with E-state index in [1.807, 2.05) is 42.5 Å². The van der Waals surface area contributed by atoms with Gasteiger partial charge >= 0.3 is 0 Å². The van der Waals surface area contributed by atoms with Gasteiger partial charge in [-0.05, 0) is 60.2 Å². The summed E-state index contributed by atoms with van der Waals surface area (Å²) in [6, 6.07) is 22.2. The Balaban J connectivity index is 1.22. The first-order valence-electron chi connectivity index (χ1n) is 13.7. The quantitative estimate of drug-likeness (QED) is 0.325. The third-order valence-corrected chi connectivity index (χ3v) is 7.36. The van der Waals surface area contributed by atoms with Gasteiger partial charge in [-0.25, -0.2) is 0 Å². The van der Waals surface area contributed by atoms with Crippen molar-refractivity contribution in [3.8, 4) is 17.2 Å². The Kier molecular flexibility index (Phi) is 7.76. The SMILES string of the molecule is COc1ccccc1N1CCN(c2ccc(NC(=O)c3ccc4c(c3)OCO4)cc2C(=O)NCc2cccnc2)CC1. The van der Waals surface area contributed by atoms with Gasteiger partial charge in [0.25, 0.3) is 11.8 Å². The lowest BCUT2D eigenvalue weighted by Gasteiger charge is -2.38. The topological polar surface area (TPSA) is 105 Å². The molecule has 0 bridgehead atoms. The van der Waals surface area contributed by atoms with E-state index in [0.717, 1.165) is 35.8 Å². The number of fused-ring (bicyclic) bond motifs is 1. The molecule has 0 saturated carbocycles. The first-order chi connectivity index (χ1) is 20.6. The van der Waals surface area contributed by atoms with E-state index in [1.165, 1.54) is 0 Å². The number of methoxy groups -OCH3 is 1. The van der Waals surface area contributed by atoms with E-state index in [0.29, 0.717) is 47.9 Å². The highest BCUT2D eigenvalue weighted by molar-refractivity contribution is 6.06. The molecule has 1 aromatic heterocycles. The number of aromatic nitrogens is 1. The summed E-state index contributed by atoms with van der Waals surface area (Å²) in [5, 5.41) is 5.93. The van der Waals surface area contributed by atoms with Crippen molar-refractivity contribution in [3.63, 3.8) is 0 Å². The normalized spacial score (nSPS) is 13.9. The molecule has 1 fully saturated rings. The van der Waals surface area contributed by atoms with Crippen LogP contribution in [0.25, 0.3) is 0 Å². The zero-order valence-corrected chi connectivity index (χ0v) is 23.2. The Hall–Kier alpha value is -5.25. The molecule has 10 nitrogen and oxygen atoms in total. The third kappa shape index (κ3) is 5.78. The number of piperazine rings is 1. The molecule has 3 heterocycles. The van der Waals surface area contributed by atoms with Crippen molar-refractivity contribution in [3.05, 3.63) is 102 Å². The van der Waals surface area contributed by atoms with Crippen LogP contribution in [-0.4, -0.2) is 56.9 Å². The van der Waals surface area contributed by atoms with Crippen LogP contribution in [-0.2, 0) is 6.54 Å². The molecule has 0 radical (unpaired) electrons. The van der Waals surface area contributed by atoms with Crippen LogP contribution in [0, 0.1) is 0 Å². The van der Waals surface area contributed by atoms with E-state index < -0.39 is 0 Å². The minimum Gasteiger partial charge on any atom is -0.495 e. The van der Waals surface area contributed by atoms with E-state index >= 15 is 0 Å². The largest absolute Gasteiger partial charge is 0.495 e. The summed E-state index contributed by atoms with van der Waals surface area (Å²) in [5.41, 5.74) is 4.17. The highest BCUT2D eigenvalue weighted by Gasteiger charge is 2.24. The van der Waals surface area contributed by atoms with E-state index in [1.54, 1.807) is 43.8 Å². The molecule has 2 aliphatic rings. The minimum absolute atomic E-state index is 0.131. The molecule has 4 aromatic rings. The number of hydrogen-bond acceptors (Lipinski definition) is 8. The Morgan fingerprint density at radius 3 is 2.43 bits per heavy atom. The summed E-state index contributed by atoms with van der Waals surface area (Å²) >= 11 is 0. The number of nitrogens with zero attached hydrogens (tertiary/aromatic N) is 3. The first kappa shape index (κ1) is 26.9. The summed E-state index contributed by atoms with van der Waals surface area (Å²) in [4.78, 5) is 35.3. The molecule has 2 amide bonds. The molecule has 3 aromatic carbocycles. The molecule has 42 heavy (non-hydrogen) atoms. The first-order valence-corrected chi connectivity index (χ1v) is 13.7. The van der Waals surface area contributed by atoms with Gasteiger partial charge < -0.3 is 34.6 Å². The van der Waals surface area contributed by atoms with Crippen LogP contribution in [0.2, 0.25) is 0 Å². The Bertz CT molecular complexity index is 1590. The smallest absolute Gasteiger partial charge is 0.255 e. The van der Waals surface area contributed by atoms with Crippen molar-refractivity contribution < 1.29 is 23.8 Å². The van der Waals surface area contributed by atoms with Crippen molar-refractivity contribution in [2.24, 2.45) is 0 Å². The monoisotopic (exact) mass is 565 g/mol. The lowest BCUT2D eigenvalue weighted by atomic mass is 10.1. The van der Waals surface area contributed by atoms with E-state index in [4.69, 9.17) is 14.2 Å². The van der Waals surface area contributed by atoms with Crippen molar-refractivity contribution in [1.82, 2.24) is 10.3 Å². The number of pyridine rings is 1. The maximum absolute atomic E-state index is 13.6. The molecule has 10 heteroatoms. The van der Waals surface area contributed by atoms with Gasteiger partial charge in [0.1, 0.15) is 5.75 Å². The number of ether oxygens (including phenoxy) is 3. The average molecular weight is 566 g/mol. The van der Waals surface area contributed by atoms with Crippen LogP contribution >= 0.6 is 0 Å². The lowest BCUT2D eigenvalue weighted by Crippen LogP contribution is -2.47. The number of rotatable bonds is 8. The van der Waals surface area contributed by atoms with E-state index in [-0.39, 0.29) is 18.6 Å². The molecule has 214 valence electrons. The number of hydrogen-bond donors (Lipinski definition) is 2. The third-order valence-electron chi connectivity index (χ3n) is 7.36. The van der Waals surface area contributed by atoms with Crippen molar-refractivity contribution in [1.29, 1.82) is 0 Å². The number of anilines is 3. The maximum atomic E-state index is 13.6. The predicted molar refractivity (Wildman–Crippen MR) is 160 cm³/mol. The van der Waals surface area contributed by atoms with Gasteiger partial charge in [0, 0.05) is 62.1 Å². The molecule has 0 aliphatic carbocycles. The molecule has 0 spiro atoms. The second kappa shape index (κ2) is 12.1. The highest BCUT2D eigenvalue weighted by Crippen LogP contribution is 2.34. The van der Waals surface area contributed by atoms with Gasteiger partial charge in [0.15, 0.2) is 11.5 Å². The minimum atomic E-state index is -0.312. The summed E-state index contributed by atoms with van der Waals surface area (Å²) in [6.45, 7) is 3.42. The summed E-state index contributed by atoms with van der Waals surface area (Å²) in [6.07, 6.45) is 3.42. The molecule has 1 saturated heterocycles. The lowest BCUT2D eigenvalue weighted by molar-refractivity contribution is 0.0950. The molecular weight excluding hydrogens is 534 g/mol. The van der Waals surface area contributed by atoms with Crippen LogP contribution in [0.4, 0.5) is 17.1 Å². The fourth-order valence-corrected chi connectivity index (χ4v) is 5.17. The van der Waals surface area contributed by atoms with E-state index in [9.17, 15) is 9.59 Å². The van der Waals surface area contributed by atoms with Crippen molar-refractivity contribution >= 4 is 28.9 Å². The fourth-order valence-electron chi connectivity index (χ4n) is 5.17. The molecular formula is C32H31N5O5. The van der Waals surface area contributed by atoms with Gasteiger partial charge in [-0.15, -0.1) is 0 Å². The fraction of sp³-hybridized carbons (Fsp3) is 0.219. The summed E-state index contributed by atoms with van der Waals surface area (Å²) in [5.74, 6) is 1.42. The number of para-hydroxylation sites is 2. The van der Waals surface area contributed by atoms with Crippen LogP contribution < -0.4 is 34.6 Å². The second-order valence-electron chi connectivity index (χ2n) is 9.94. The Morgan fingerprint density at radius 2 is 1.64 bits per heavy atom. The number of nitrogens with one attached hydrogen (secondary N) is 2. The van der Waals surface area contributed by atoms with Crippen molar-refractivity contribution in [2.45, 2.75) is 6.54 Å². The average Bonchev–Trinajstić information content (AvgIpc) is 3.52. The van der Waals surface area contributed by atoms with Crippen LogP contribution in [0.3, 0.4) is 0 Å². The molecule has 0 unspecified atom stereocenters. The Morgan fingerprint density at radius 1 is 0.857 bits per heavy atom. The highest BCUT2D eigenvalue weighted by atomic mass is 16.7. The van der Waals surface area contributed by atoms with Gasteiger partial charge in [0.05, 0.1) is 18.4 Å². The van der Waals surface area contributed by atoms with Crippen LogP contribution in [0.5, 0.6) is 17.2 Å². The Labute approximate surface area is 243 Å². The number of amides is 2. The van der Waals surface area contributed by atoms with E-state index in [2.05, 4.69) is 31.5 Å². The van der Waals surface area contributed by atoms with Gasteiger partial charge in [-0.2, -0.15) is 0 Å². The van der Waals surface area contributed by atoms with Gasteiger partial charge in [-0.1, -0.05) is 18.2 Å². The number of benzene rings is 3. The second-order valence-corrected chi connectivity index (χ2v) is 9.94. The van der Waals surface area contributed by atoms with Gasteiger partial charge in [-0.3, -0.25) is 14.6 Å². The maximum Gasteiger partial charge on any atom is 0.255 e. The zero-order valence-electron chi connectivity index (χ0n) is 23.2. The summed E-state index contributed by atoms with van der Waals surface area (Å²) in [7, 11) is 1.68. The summed E-state index contributed by atoms with van der Waals surface area (Å²) < 4.78 is 16.3. The predicted octanol–water partition coefficient (Wildman–Crippen LogP) is 4.33. The van der Waals surface area contributed by atoms with Crippen LogP contribution in [0.15, 0.2) is 85.2 Å². The molecule has 6 rings (SSSR count). The number of carbonyl (C=O) groups is 2.